The highest BCUT2D eigenvalue weighted by atomic mass is 35.5. The zero-order valence-electron chi connectivity index (χ0n) is 15.8. The zero-order valence-corrected chi connectivity index (χ0v) is 18.1. The van der Waals surface area contributed by atoms with Gasteiger partial charge in [0.1, 0.15) is 23.1 Å². The van der Waals surface area contributed by atoms with E-state index in [1.165, 1.54) is 26.0 Å². The molecule has 0 aliphatic rings. The van der Waals surface area contributed by atoms with Crippen molar-refractivity contribution >= 4 is 46.5 Å². The lowest BCUT2D eigenvalue weighted by Gasteiger charge is -2.16. The third-order valence-corrected chi connectivity index (χ3v) is 5.09. The van der Waals surface area contributed by atoms with Crippen LogP contribution in [0.4, 0.5) is 11.5 Å². The first kappa shape index (κ1) is 21.1. The summed E-state index contributed by atoms with van der Waals surface area (Å²) in [5, 5.41) is 14.5. The van der Waals surface area contributed by atoms with E-state index >= 15 is 0 Å². The van der Waals surface area contributed by atoms with Crippen LogP contribution in [0.5, 0.6) is 11.5 Å². The molecule has 3 rings (SSSR count). The summed E-state index contributed by atoms with van der Waals surface area (Å²) < 4.78 is 10.7. The number of thioether (sulfide) groups is 1. The van der Waals surface area contributed by atoms with Crippen molar-refractivity contribution in [1.29, 1.82) is 5.26 Å². The maximum Gasteiger partial charge on any atom is 0.189 e. The number of rotatable bonds is 6. The van der Waals surface area contributed by atoms with Crippen LogP contribution < -0.4 is 14.8 Å². The summed E-state index contributed by atoms with van der Waals surface area (Å²) in [6.07, 6.45) is 1.86. The largest absolute Gasteiger partial charge is 0.495 e. The fourth-order valence-electron chi connectivity index (χ4n) is 2.66. The number of nitrogens with one attached hydrogen (secondary N) is 1. The van der Waals surface area contributed by atoms with E-state index < -0.39 is 0 Å². The van der Waals surface area contributed by atoms with Crippen molar-refractivity contribution in [2.24, 2.45) is 0 Å². The Morgan fingerprint density at radius 3 is 2.45 bits per heavy atom. The molecule has 3 aromatic rings. The lowest BCUT2D eigenvalue weighted by Crippen LogP contribution is -2.04. The predicted octanol–water partition coefficient (Wildman–Crippen LogP) is 5.80. The van der Waals surface area contributed by atoms with Gasteiger partial charge in [-0.25, -0.2) is 9.97 Å². The van der Waals surface area contributed by atoms with Crippen LogP contribution in [0.1, 0.15) is 5.56 Å². The molecule has 1 N–H and O–H groups in total. The van der Waals surface area contributed by atoms with Gasteiger partial charge in [0.05, 0.1) is 30.6 Å². The second-order valence-electron chi connectivity index (χ2n) is 5.72. The molecule has 0 aliphatic carbocycles. The minimum Gasteiger partial charge on any atom is -0.495 e. The fraction of sp³-hybridized carbons (Fsp3) is 0.150. The fourth-order valence-corrected chi connectivity index (χ4v) is 3.44. The summed E-state index contributed by atoms with van der Waals surface area (Å²) in [6.45, 7) is 0. The van der Waals surface area contributed by atoms with Crippen molar-refractivity contribution in [1.82, 2.24) is 9.97 Å². The number of halogens is 2. The second kappa shape index (κ2) is 9.23. The lowest BCUT2D eigenvalue weighted by atomic mass is 10.1. The van der Waals surface area contributed by atoms with Gasteiger partial charge in [-0.1, -0.05) is 47.1 Å². The highest BCUT2D eigenvalue weighted by Gasteiger charge is 2.19. The molecule has 0 atom stereocenters. The molecule has 0 unspecified atom stereocenters. The Labute approximate surface area is 182 Å². The number of hydrogen-bond donors (Lipinski definition) is 1. The van der Waals surface area contributed by atoms with Crippen molar-refractivity contribution in [3.8, 4) is 28.8 Å². The molecule has 0 saturated carbocycles. The van der Waals surface area contributed by atoms with E-state index in [0.29, 0.717) is 43.9 Å². The first-order valence-corrected chi connectivity index (χ1v) is 10.3. The van der Waals surface area contributed by atoms with Gasteiger partial charge < -0.3 is 14.8 Å². The van der Waals surface area contributed by atoms with Crippen LogP contribution in [0.15, 0.2) is 41.6 Å². The molecular weight excluding hydrogens is 431 g/mol. The summed E-state index contributed by atoms with van der Waals surface area (Å²) in [6, 6.07) is 12.7. The van der Waals surface area contributed by atoms with Crippen LogP contribution in [0.25, 0.3) is 11.3 Å². The van der Waals surface area contributed by atoms with Crippen molar-refractivity contribution in [3.05, 3.63) is 52.0 Å². The molecule has 9 heteroatoms. The standard InChI is InChI=1S/C20H16Cl2N4O2S/c1-27-16-9-15(17(28-2)8-14(16)22)24-19-13(10-23)18(25-20(26-19)29-3)11-5-4-6-12(21)7-11/h4-9H,1-3H3,(H,24,25,26). The average molecular weight is 447 g/mol. The summed E-state index contributed by atoms with van der Waals surface area (Å²) >= 11 is 13.7. The Hall–Kier alpha value is -2.66. The Bertz CT molecular complexity index is 1100. The van der Waals surface area contributed by atoms with Crippen LogP contribution in [0.3, 0.4) is 0 Å². The van der Waals surface area contributed by atoms with E-state index in [9.17, 15) is 5.26 Å². The highest BCUT2D eigenvalue weighted by Crippen LogP contribution is 2.39. The monoisotopic (exact) mass is 446 g/mol. The molecule has 29 heavy (non-hydrogen) atoms. The van der Waals surface area contributed by atoms with Crippen molar-refractivity contribution < 1.29 is 9.47 Å². The van der Waals surface area contributed by atoms with Gasteiger partial charge in [0, 0.05) is 22.7 Å². The number of ether oxygens (including phenoxy) is 2. The first-order valence-electron chi connectivity index (χ1n) is 8.31. The number of nitriles is 1. The molecule has 2 aromatic carbocycles. The van der Waals surface area contributed by atoms with Crippen molar-refractivity contribution in [2.75, 3.05) is 25.8 Å². The summed E-state index contributed by atoms with van der Waals surface area (Å²) in [7, 11) is 3.05. The molecular formula is C20H16Cl2N4O2S. The van der Waals surface area contributed by atoms with Gasteiger partial charge in [-0.05, 0) is 18.4 Å². The minimum atomic E-state index is 0.279. The molecule has 0 spiro atoms. The smallest absolute Gasteiger partial charge is 0.189 e. The lowest BCUT2D eigenvalue weighted by molar-refractivity contribution is 0.405. The van der Waals surface area contributed by atoms with Gasteiger partial charge in [-0.2, -0.15) is 5.26 Å². The Morgan fingerprint density at radius 1 is 1.07 bits per heavy atom. The number of aromatic nitrogens is 2. The van der Waals surface area contributed by atoms with Crippen molar-refractivity contribution in [2.45, 2.75) is 5.16 Å². The molecule has 6 nitrogen and oxygen atoms in total. The van der Waals surface area contributed by atoms with Gasteiger partial charge in [-0.15, -0.1) is 0 Å². The van der Waals surface area contributed by atoms with Crippen LogP contribution in [0.2, 0.25) is 10.0 Å². The Balaban J connectivity index is 2.18. The van der Waals surface area contributed by atoms with Gasteiger partial charge in [0.2, 0.25) is 0 Å². The minimum absolute atomic E-state index is 0.279. The third-order valence-electron chi connectivity index (χ3n) is 4.01. The number of anilines is 2. The highest BCUT2D eigenvalue weighted by molar-refractivity contribution is 7.98. The van der Waals surface area contributed by atoms with Gasteiger partial charge >= 0.3 is 0 Å². The van der Waals surface area contributed by atoms with E-state index in [4.69, 9.17) is 32.7 Å². The molecule has 0 fully saturated rings. The van der Waals surface area contributed by atoms with E-state index in [-0.39, 0.29) is 5.56 Å². The molecule has 1 aromatic heterocycles. The van der Waals surface area contributed by atoms with Gasteiger partial charge in [0.15, 0.2) is 11.0 Å². The van der Waals surface area contributed by atoms with Gasteiger partial charge in [0.25, 0.3) is 0 Å². The van der Waals surface area contributed by atoms with Crippen LogP contribution in [0, 0.1) is 11.3 Å². The van der Waals surface area contributed by atoms with Crippen LogP contribution >= 0.6 is 35.0 Å². The molecule has 0 radical (unpaired) electrons. The van der Waals surface area contributed by atoms with E-state index in [1.807, 2.05) is 12.3 Å². The van der Waals surface area contributed by atoms with E-state index in [2.05, 4.69) is 21.4 Å². The molecule has 0 saturated heterocycles. The van der Waals surface area contributed by atoms with Crippen LogP contribution in [-0.4, -0.2) is 30.4 Å². The number of nitrogens with zero attached hydrogens (tertiary/aromatic N) is 3. The Morgan fingerprint density at radius 2 is 1.83 bits per heavy atom. The number of hydrogen-bond acceptors (Lipinski definition) is 7. The van der Waals surface area contributed by atoms with E-state index in [0.717, 1.165) is 5.56 Å². The molecule has 0 bridgehead atoms. The maximum absolute atomic E-state index is 9.86. The number of benzene rings is 2. The first-order chi connectivity index (χ1) is 14.0. The molecule has 1 heterocycles. The summed E-state index contributed by atoms with van der Waals surface area (Å²) in [4.78, 5) is 8.99. The SMILES string of the molecule is COc1cc(Nc2nc(SC)nc(-c3cccc(Cl)c3)c2C#N)c(OC)cc1Cl. The predicted molar refractivity (Wildman–Crippen MR) is 117 cm³/mol. The maximum atomic E-state index is 9.86. The second-order valence-corrected chi connectivity index (χ2v) is 7.33. The molecule has 0 aliphatic heterocycles. The zero-order chi connectivity index (χ0) is 21.0. The van der Waals surface area contributed by atoms with Crippen molar-refractivity contribution in [3.63, 3.8) is 0 Å². The Kier molecular flexibility index (Phi) is 6.70. The number of methoxy groups -OCH3 is 2. The summed E-state index contributed by atoms with van der Waals surface area (Å²) in [5.74, 6) is 1.28. The third kappa shape index (κ3) is 4.51. The van der Waals surface area contributed by atoms with Crippen LogP contribution in [-0.2, 0) is 0 Å². The van der Waals surface area contributed by atoms with Gasteiger partial charge in [-0.3, -0.25) is 0 Å². The van der Waals surface area contributed by atoms with E-state index in [1.54, 1.807) is 30.3 Å². The molecule has 148 valence electrons. The topological polar surface area (TPSA) is 80.1 Å². The average Bonchev–Trinajstić information content (AvgIpc) is 2.73. The normalized spacial score (nSPS) is 10.3. The quantitative estimate of drug-likeness (QED) is 0.378. The summed E-state index contributed by atoms with van der Waals surface area (Å²) in [5.41, 5.74) is 2.03. The molecule has 0 amide bonds.